The third-order valence-electron chi connectivity index (χ3n) is 2.62. The molecule has 0 aliphatic heterocycles. The summed E-state index contributed by atoms with van der Waals surface area (Å²) in [5.74, 6) is -1.36. The normalized spacial score (nSPS) is 10.6. The van der Waals surface area contributed by atoms with Gasteiger partial charge < -0.3 is 15.6 Å². The highest BCUT2D eigenvalue weighted by Crippen LogP contribution is 2.07. The summed E-state index contributed by atoms with van der Waals surface area (Å²) in [6.07, 6.45) is 0. The fourth-order valence-electron chi connectivity index (χ4n) is 1.66. The van der Waals surface area contributed by atoms with Crippen LogP contribution in [-0.2, 0) is 16.1 Å². The Morgan fingerprint density at radius 2 is 1.95 bits per heavy atom. The Morgan fingerprint density at radius 1 is 1.32 bits per heavy atom. The number of hydrogen-bond donors (Lipinski definition) is 2. The van der Waals surface area contributed by atoms with Crippen molar-refractivity contribution in [3.8, 4) is 0 Å². The van der Waals surface area contributed by atoms with E-state index in [1.54, 1.807) is 36.3 Å². The van der Waals surface area contributed by atoms with Crippen molar-refractivity contribution >= 4 is 11.9 Å². The number of benzene rings is 1. The minimum absolute atomic E-state index is 0.0546. The van der Waals surface area contributed by atoms with Gasteiger partial charge in [0.1, 0.15) is 0 Å². The minimum atomic E-state index is -0.884. The SMILES string of the molecule is COCCN(CC(=O)O)Cc1ccc(C(N)=O)cc1. The van der Waals surface area contributed by atoms with Gasteiger partial charge in [0.15, 0.2) is 0 Å². The molecule has 0 radical (unpaired) electrons. The third-order valence-corrected chi connectivity index (χ3v) is 2.62. The van der Waals surface area contributed by atoms with E-state index in [-0.39, 0.29) is 6.54 Å². The lowest BCUT2D eigenvalue weighted by atomic mass is 10.1. The summed E-state index contributed by atoms with van der Waals surface area (Å²) in [7, 11) is 1.57. The largest absolute Gasteiger partial charge is 0.480 e. The van der Waals surface area contributed by atoms with Crippen molar-refractivity contribution in [1.82, 2.24) is 4.90 Å². The van der Waals surface area contributed by atoms with Crippen molar-refractivity contribution < 1.29 is 19.4 Å². The zero-order chi connectivity index (χ0) is 14.3. The molecule has 1 aromatic carbocycles. The lowest BCUT2D eigenvalue weighted by molar-refractivity contribution is -0.138. The molecule has 6 heteroatoms. The number of aliphatic carboxylic acids is 1. The predicted molar refractivity (Wildman–Crippen MR) is 69.7 cm³/mol. The average molecular weight is 266 g/mol. The second kappa shape index (κ2) is 7.50. The number of carbonyl (C=O) groups is 2. The van der Waals surface area contributed by atoms with Gasteiger partial charge in [-0.15, -0.1) is 0 Å². The Morgan fingerprint density at radius 3 is 2.42 bits per heavy atom. The van der Waals surface area contributed by atoms with Gasteiger partial charge in [0, 0.05) is 25.8 Å². The Labute approximate surface area is 111 Å². The van der Waals surface area contributed by atoms with E-state index in [0.29, 0.717) is 25.3 Å². The van der Waals surface area contributed by atoms with E-state index in [4.69, 9.17) is 15.6 Å². The molecule has 1 amide bonds. The molecule has 0 bridgehead atoms. The van der Waals surface area contributed by atoms with E-state index in [0.717, 1.165) is 5.56 Å². The fourth-order valence-corrected chi connectivity index (χ4v) is 1.66. The molecule has 0 saturated heterocycles. The van der Waals surface area contributed by atoms with Crippen molar-refractivity contribution in [2.24, 2.45) is 5.73 Å². The fraction of sp³-hybridized carbons (Fsp3) is 0.385. The van der Waals surface area contributed by atoms with Gasteiger partial charge in [-0.1, -0.05) is 12.1 Å². The topological polar surface area (TPSA) is 92.9 Å². The third kappa shape index (κ3) is 5.50. The van der Waals surface area contributed by atoms with E-state index in [1.807, 2.05) is 0 Å². The molecule has 0 fully saturated rings. The summed E-state index contributed by atoms with van der Waals surface area (Å²) in [6, 6.07) is 6.80. The first-order chi connectivity index (χ1) is 9.02. The van der Waals surface area contributed by atoms with E-state index < -0.39 is 11.9 Å². The Hall–Kier alpha value is -1.92. The number of ether oxygens (including phenoxy) is 1. The van der Waals surface area contributed by atoms with Gasteiger partial charge in [-0.05, 0) is 17.7 Å². The number of nitrogens with two attached hydrogens (primary N) is 1. The van der Waals surface area contributed by atoms with Crippen LogP contribution in [0.3, 0.4) is 0 Å². The van der Waals surface area contributed by atoms with E-state index in [9.17, 15) is 9.59 Å². The summed E-state index contributed by atoms with van der Waals surface area (Å²) < 4.78 is 4.95. The molecule has 0 aliphatic carbocycles. The zero-order valence-corrected chi connectivity index (χ0v) is 10.8. The summed E-state index contributed by atoms with van der Waals surface area (Å²) >= 11 is 0. The van der Waals surface area contributed by atoms with Crippen LogP contribution in [0.4, 0.5) is 0 Å². The van der Waals surface area contributed by atoms with Crippen LogP contribution in [0.1, 0.15) is 15.9 Å². The molecule has 104 valence electrons. The molecule has 19 heavy (non-hydrogen) atoms. The summed E-state index contributed by atoms with van der Waals surface area (Å²) in [4.78, 5) is 23.5. The average Bonchev–Trinajstić information content (AvgIpc) is 2.36. The van der Waals surface area contributed by atoms with Crippen molar-refractivity contribution in [3.63, 3.8) is 0 Å². The number of primary amides is 1. The van der Waals surface area contributed by atoms with Crippen LogP contribution in [0, 0.1) is 0 Å². The van der Waals surface area contributed by atoms with Crippen molar-refractivity contribution in [2.45, 2.75) is 6.54 Å². The Bertz CT molecular complexity index is 431. The van der Waals surface area contributed by atoms with Crippen LogP contribution in [-0.4, -0.2) is 48.7 Å². The number of hydrogen-bond acceptors (Lipinski definition) is 4. The van der Waals surface area contributed by atoms with Gasteiger partial charge in [0.25, 0.3) is 0 Å². The number of amides is 1. The second-order valence-electron chi connectivity index (χ2n) is 4.16. The first-order valence-electron chi connectivity index (χ1n) is 5.84. The minimum Gasteiger partial charge on any atom is -0.480 e. The Balaban J connectivity index is 2.66. The van der Waals surface area contributed by atoms with Crippen molar-refractivity contribution in [1.29, 1.82) is 0 Å². The zero-order valence-electron chi connectivity index (χ0n) is 10.8. The Kier molecular flexibility index (Phi) is 5.98. The van der Waals surface area contributed by atoms with Crippen LogP contribution in [0.15, 0.2) is 24.3 Å². The molecule has 3 N–H and O–H groups in total. The molecular weight excluding hydrogens is 248 g/mol. The maximum atomic E-state index is 10.9. The first-order valence-corrected chi connectivity index (χ1v) is 5.84. The van der Waals surface area contributed by atoms with Gasteiger partial charge in [0.05, 0.1) is 13.2 Å². The molecular formula is C13H18N2O4. The highest BCUT2D eigenvalue weighted by molar-refractivity contribution is 5.92. The van der Waals surface area contributed by atoms with E-state index >= 15 is 0 Å². The van der Waals surface area contributed by atoms with Crippen LogP contribution in [0.25, 0.3) is 0 Å². The van der Waals surface area contributed by atoms with Gasteiger partial charge in [-0.2, -0.15) is 0 Å². The molecule has 0 heterocycles. The highest BCUT2D eigenvalue weighted by atomic mass is 16.5. The van der Waals surface area contributed by atoms with Gasteiger partial charge in [0.2, 0.25) is 5.91 Å². The number of carboxylic acid groups (broad SMARTS) is 1. The maximum absolute atomic E-state index is 10.9. The number of methoxy groups -OCH3 is 1. The predicted octanol–water partition coefficient (Wildman–Crippen LogP) is 0.319. The first kappa shape index (κ1) is 15.1. The molecule has 1 rings (SSSR count). The molecule has 0 aromatic heterocycles. The lowest BCUT2D eigenvalue weighted by Crippen LogP contribution is -2.32. The molecule has 6 nitrogen and oxygen atoms in total. The number of carboxylic acids is 1. The number of rotatable bonds is 8. The monoisotopic (exact) mass is 266 g/mol. The number of nitrogens with zero attached hydrogens (tertiary/aromatic N) is 1. The quantitative estimate of drug-likeness (QED) is 0.706. The van der Waals surface area contributed by atoms with Gasteiger partial charge in [-0.25, -0.2) is 0 Å². The van der Waals surface area contributed by atoms with Crippen molar-refractivity contribution in [3.05, 3.63) is 35.4 Å². The molecule has 0 unspecified atom stereocenters. The second-order valence-corrected chi connectivity index (χ2v) is 4.16. The van der Waals surface area contributed by atoms with Crippen LogP contribution in [0.5, 0.6) is 0 Å². The summed E-state index contributed by atoms with van der Waals surface area (Å²) in [5.41, 5.74) is 6.51. The molecule has 1 aromatic rings. The standard InChI is InChI=1S/C13H18N2O4/c1-19-7-6-15(9-12(16)17)8-10-2-4-11(5-3-10)13(14)18/h2-5H,6-9H2,1H3,(H2,14,18)(H,16,17). The summed E-state index contributed by atoms with van der Waals surface area (Å²) in [5, 5.41) is 8.83. The number of carbonyl (C=O) groups excluding carboxylic acids is 1. The van der Waals surface area contributed by atoms with E-state index in [2.05, 4.69) is 0 Å². The molecule has 0 saturated carbocycles. The summed E-state index contributed by atoms with van der Waals surface area (Å²) in [6.45, 7) is 1.42. The smallest absolute Gasteiger partial charge is 0.317 e. The van der Waals surface area contributed by atoms with Crippen molar-refractivity contribution in [2.75, 3.05) is 26.8 Å². The van der Waals surface area contributed by atoms with Crippen LogP contribution >= 0.6 is 0 Å². The molecule has 0 aliphatic rings. The highest BCUT2D eigenvalue weighted by Gasteiger charge is 2.10. The van der Waals surface area contributed by atoms with Crippen LogP contribution in [0.2, 0.25) is 0 Å². The maximum Gasteiger partial charge on any atom is 0.317 e. The van der Waals surface area contributed by atoms with Gasteiger partial charge >= 0.3 is 5.97 Å². The van der Waals surface area contributed by atoms with Gasteiger partial charge in [-0.3, -0.25) is 14.5 Å². The lowest BCUT2D eigenvalue weighted by Gasteiger charge is -2.19. The molecule has 0 spiro atoms. The van der Waals surface area contributed by atoms with E-state index in [1.165, 1.54) is 0 Å². The molecule has 0 atom stereocenters. The van der Waals surface area contributed by atoms with Crippen LogP contribution < -0.4 is 5.73 Å².